The van der Waals surface area contributed by atoms with Crippen molar-refractivity contribution in [3.05, 3.63) is 35.8 Å². The molecule has 120 valence electrons. The molecule has 0 bridgehead atoms. The van der Waals surface area contributed by atoms with Crippen LogP contribution in [0.2, 0.25) is 5.02 Å². The molecule has 1 N–H and O–H groups in total. The Morgan fingerprint density at radius 3 is 2.91 bits per heavy atom. The van der Waals surface area contributed by atoms with Crippen molar-refractivity contribution in [2.75, 3.05) is 11.9 Å². The van der Waals surface area contributed by atoms with Gasteiger partial charge in [-0.1, -0.05) is 41.9 Å². The Labute approximate surface area is 142 Å². The summed E-state index contributed by atoms with van der Waals surface area (Å²) >= 11 is 7.59. The zero-order valence-electron chi connectivity index (χ0n) is 12.6. The minimum atomic E-state index is 0.467. The van der Waals surface area contributed by atoms with Gasteiger partial charge in [0.05, 0.1) is 16.1 Å². The number of rotatable bonds is 6. The maximum absolute atomic E-state index is 6.27. The van der Waals surface area contributed by atoms with E-state index in [2.05, 4.69) is 34.3 Å². The predicted molar refractivity (Wildman–Crippen MR) is 90.3 cm³/mol. The van der Waals surface area contributed by atoms with Gasteiger partial charge in [-0.05, 0) is 24.1 Å². The first-order valence-electron chi connectivity index (χ1n) is 7.05. The Kier molecular flexibility index (Phi) is 4.78. The molecular formula is C15H15ClN4O2S. The van der Waals surface area contributed by atoms with Crippen LogP contribution in [0, 0.1) is 5.92 Å². The molecule has 0 atom stereocenters. The second-order valence-electron chi connectivity index (χ2n) is 5.27. The molecule has 2 aromatic heterocycles. The molecule has 0 saturated heterocycles. The molecule has 0 amide bonds. The van der Waals surface area contributed by atoms with Crippen LogP contribution >= 0.6 is 22.9 Å². The Morgan fingerprint density at radius 1 is 1.35 bits per heavy atom. The SMILES string of the molecule is CC(C)CNc1ccc(Oc2ncc(-c3ncon3)s2)c(Cl)c1. The van der Waals surface area contributed by atoms with Crippen molar-refractivity contribution in [1.82, 2.24) is 15.1 Å². The van der Waals surface area contributed by atoms with E-state index in [4.69, 9.17) is 20.9 Å². The molecule has 3 aromatic rings. The van der Waals surface area contributed by atoms with E-state index in [9.17, 15) is 0 Å². The number of halogens is 1. The quantitative estimate of drug-likeness (QED) is 0.694. The van der Waals surface area contributed by atoms with Gasteiger partial charge in [0.15, 0.2) is 0 Å². The van der Waals surface area contributed by atoms with Crippen LogP contribution < -0.4 is 10.1 Å². The van der Waals surface area contributed by atoms with Gasteiger partial charge in [-0.15, -0.1) is 0 Å². The lowest BCUT2D eigenvalue weighted by Gasteiger charge is -2.11. The summed E-state index contributed by atoms with van der Waals surface area (Å²) in [6, 6.07) is 5.59. The first kappa shape index (κ1) is 15.8. The Hall–Kier alpha value is -2.12. The third-order valence-electron chi connectivity index (χ3n) is 2.91. The van der Waals surface area contributed by atoms with Gasteiger partial charge in [0.1, 0.15) is 5.75 Å². The van der Waals surface area contributed by atoms with Gasteiger partial charge in [-0.25, -0.2) is 4.98 Å². The summed E-state index contributed by atoms with van der Waals surface area (Å²) in [6.45, 7) is 5.18. The number of hydrogen-bond acceptors (Lipinski definition) is 7. The van der Waals surface area contributed by atoms with Crippen molar-refractivity contribution in [3.63, 3.8) is 0 Å². The van der Waals surface area contributed by atoms with Gasteiger partial charge in [0.25, 0.3) is 5.19 Å². The molecule has 3 rings (SSSR count). The monoisotopic (exact) mass is 350 g/mol. The van der Waals surface area contributed by atoms with Crippen LogP contribution in [0.15, 0.2) is 35.3 Å². The standard InChI is InChI=1S/C15H15ClN4O2S/c1-9(2)6-17-10-3-4-12(11(16)5-10)22-15-18-7-13(23-15)14-19-8-21-20-14/h3-5,7-9,17H,6H2,1-2H3. The lowest BCUT2D eigenvalue weighted by atomic mass is 10.2. The maximum Gasteiger partial charge on any atom is 0.279 e. The molecule has 1 aromatic carbocycles. The minimum Gasteiger partial charge on any atom is -0.429 e. The van der Waals surface area contributed by atoms with Crippen LogP contribution in [-0.4, -0.2) is 21.7 Å². The Morgan fingerprint density at radius 2 is 2.22 bits per heavy atom. The van der Waals surface area contributed by atoms with Crippen LogP contribution in [0.4, 0.5) is 5.69 Å². The van der Waals surface area contributed by atoms with Crippen molar-refractivity contribution in [2.24, 2.45) is 5.92 Å². The van der Waals surface area contributed by atoms with Gasteiger partial charge in [-0.2, -0.15) is 4.98 Å². The zero-order chi connectivity index (χ0) is 16.2. The number of nitrogens with one attached hydrogen (secondary N) is 1. The highest BCUT2D eigenvalue weighted by Gasteiger charge is 2.12. The lowest BCUT2D eigenvalue weighted by molar-refractivity contribution is 0.419. The van der Waals surface area contributed by atoms with Gasteiger partial charge in [0.2, 0.25) is 12.2 Å². The van der Waals surface area contributed by atoms with E-state index in [1.165, 1.54) is 17.7 Å². The highest BCUT2D eigenvalue weighted by Crippen LogP contribution is 2.35. The first-order valence-corrected chi connectivity index (χ1v) is 8.25. The number of hydrogen-bond donors (Lipinski definition) is 1. The van der Waals surface area contributed by atoms with Crippen LogP contribution in [0.25, 0.3) is 10.7 Å². The molecule has 0 unspecified atom stereocenters. The number of thiazole rings is 1. The molecule has 0 saturated carbocycles. The van der Waals surface area contributed by atoms with Crippen molar-refractivity contribution < 1.29 is 9.26 Å². The Bertz CT molecular complexity index is 774. The Balaban J connectivity index is 1.70. The summed E-state index contributed by atoms with van der Waals surface area (Å²) in [5.74, 6) is 1.59. The average Bonchev–Trinajstić information content (AvgIpc) is 3.18. The number of nitrogens with zero attached hydrogens (tertiary/aromatic N) is 3. The first-order chi connectivity index (χ1) is 11.1. The van der Waals surface area contributed by atoms with Crippen LogP contribution in [0.5, 0.6) is 10.9 Å². The second kappa shape index (κ2) is 6.97. The molecular weight excluding hydrogens is 336 g/mol. The van der Waals surface area contributed by atoms with Gasteiger partial charge < -0.3 is 14.6 Å². The molecule has 23 heavy (non-hydrogen) atoms. The van der Waals surface area contributed by atoms with E-state index in [1.54, 1.807) is 6.20 Å². The highest BCUT2D eigenvalue weighted by molar-refractivity contribution is 7.16. The molecule has 0 aliphatic rings. The summed E-state index contributed by atoms with van der Waals surface area (Å²) in [5.41, 5.74) is 0.961. The molecule has 0 aliphatic carbocycles. The van der Waals surface area contributed by atoms with Gasteiger partial charge >= 0.3 is 0 Å². The predicted octanol–water partition coefficient (Wildman–Crippen LogP) is 4.71. The van der Waals surface area contributed by atoms with Crippen molar-refractivity contribution in [1.29, 1.82) is 0 Å². The smallest absolute Gasteiger partial charge is 0.279 e. The van der Waals surface area contributed by atoms with Crippen molar-refractivity contribution >= 4 is 28.6 Å². The molecule has 0 aliphatic heterocycles. The van der Waals surface area contributed by atoms with E-state index in [0.717, 1.165) is 17.1 Å². The third kappa shape index (κ3) is 4.00. The van der Waals surface area contributed by atoms with E-state index < -0.39 is 0 Å². The molecule has 8 heteroatoms. The summed E-state index contributed by atoms with van der Waals surface area (Å²) in [6.07, 6.45) is 2.91. The molecule has 2 heterocycles. The maximum atomic E-state index is 6.27. The fourth-order valence-electron chi connectivity index (χ4n) is 1.80. The number of benzene rings is 1. The van der Waals surface area contributed by atoms with Crippen LogP contribution in [0.1, 0.15) is 13.8 Å². The molecule has 0 radical (unpaired) electrons. The minimum absolute atomic E-state index is 0.467. The molecule has 6 nitrogen and oxygen atoms in total. The third-order valence-corrected chi connectivity index (χ3v) is 4.08. The molecule has 0 spiro atoms. The normalized spacial score (nSPS) is 11.0. The largest absolute Gasteiger partial charge is 0.429 e. The van der Waals surface area contributed by atoms with Crippen LogP contribution in [0.3, 0.4) is 0 Å². The number of aromatic nitrogens is 3. The fraction of sp³-hybridized carbons (Fsp3) is 0.267. The van der Waals surface area contributed by atoms with Crippen molar-refractivity contribution in [2.45, 2.75) is 13.8 Å². The fourth-order valence-corrected chi connectivity index (χ4v) is 2.73. The summed E-state index contributed by atoms with van der Waals surface area (Å²) in [5, 5.41) is 8.07. The number of anilines is 1. The van der Waals surface area contributed by atoms with Crippen molar-refractivity contribution in [3.8, 4) is 21.6 Å². The summed E-state index contributed by atoms with van der Waals surface area (Å²) in [4.78, 5) is 8.93. The van der Waals surface area contributed by atoms with Crippen LogP contribution in [-0.2, 0) is 0 Å². The highest BCUT2D eigenvalue weighted by atomic mass is 35.5. The van der Waals surface area contributed by atoms with Gasteiger partial charge in [0, 0.05) is 12.2 Å². The average molecular weight is 351 g/mol. The summed E-state index contributed by atoms with van der Waals surface area (Å²) < 4.78 is 10.4. The van der Waals surface area contributed by atoms with E-state index in [1.807, 2.05) is 18.2 Å². The zero-order valence-corrected chi connectivity index (χ0v) is 14.2. The van der Waals surface area contributed by atoms with E-state index in [0.29, 0.717) is 27.7 Å². The topological polar surface area (TPSA) is 73.1 Å². The lowest BCUT2D eigenvalue weighted by Crippen LogP contribution is -2.07. The summed E-state index contributed by atoms with van der Waals surface area (Å²) in [7, 11) is 0. The molecule has 0 fully saturated rings. The van der Waals surface area contributed by atoms with E-state index >= 15 is 0 Å². The van der Waals surface area contributed by atoms with Gasteiger partial charge in [-0.3, -0.25) is 0 Å². The second-order valence-corrected chi connectivity index (χ2v) is 6.67. The van der Waals surface area contributed by atoms with E-state index in [-0.39, 0.29) is 0 Å². The number of ether oxygens (including phenoxy) is 1.